The Hall–Kier alpha value is -1.88. The van der Waals surface area contributed by atoms with Crippen molar-refractivity contribution < 1.29 is 45.2 Å². The van der Waals surface area contributed by atoms with Gasteiger partial charge in [-0.25, -0.2) is 0 Å². The molecule has 0 radical (unpaired) electrons. The SMILES string of the molecule is O=S(=O)(O)C(F)(F)F.O=[P+](O)OC(O)(Cc1ccccc1)Cc1ccccc1. The second-order valence-electron chi connectivity index (χ2n) is 5.52. The molecule has 0 aromatic heterocycles. The molecule has 2 rings (SSSR count). The Balaban J connectivity index is 0.000000416. The van der Waals surface area contributed by atoms with Gasteiger partial charge in [0, 0.05) is 17.4 Å². The van der Waals surface area contributed by atoms with Crippen LogP contribution in [0.4, 0.5) is 13.2 Å². The molecule has 0 saturated heterocycles. The number of benzene rings is 2. The van der Waals surface area contributed by atoms with Crippen LogP contribution in [-0.4, -0.2) is 34.3 Å². The highest BCUT2D eigenvalue weighted by atomic mass is 32.2. The maximum atomic E-state index is 11.0. The van der Waals surface area contributed by atoms with E-state index in [-0.39, 0.29) is 12.8 Å². The molecule has 1 unspecified atom stereocenters. The number of rotatable bonds is 6. The quantitative estimate of drug-likeness (QED) is 0.272. The highest BCUT2D eigenvalue weighted by molar-refractivity contribution is 7.86. The van der Waals surface area contributed by atoms with Crippen LogP contribution in [0.3, 0.4) is 0 Å². The van der Waals surface area contributed by atoms with Gasteiger partial charge in [-0.15, -0.1) is 4.89 Å². The van der Waals surface area contributed by atoms with Crippen LogP contribution in [0.2, 0.25) is 0 Å². The van der Waals surface area contributed by atoms with Crippen LogP contribution in [0.25, 0.3) is 0 Å². The van der Waals surface area contributed by atoms with E-state index in [2.05, 4.69) is 0 Å². The van der Waals surface area contributed by atoms with Gasteiger partial charge in [0.05, 0.1) is 0 Å². The number of halogens is 3. The van der Waals surface area contributed by atoms with Crippen molar-refractivity contribution in [3.05, 3.63) is 71.8 Å². The van der Waals surface area contributed by atoms with Gasteiger partial charge < -0.3 is 5.11 Å². The normalized spacial score (nSPS) is 12.7. The zero-order chi connectivity index (χ0) is 21.4. The summed E-state index contributed by atoms with van der Waals surface area (Å²) in [5, 5.41) is 10.5. The minimum atomic E-state index is -5.84. The van der Waals surface area contributed by atoms with Crippen molar-refractivity contribution in [1.29, 1.82) is 0 Å². The summed E-state index contributed by atoms with van der Waals surface area (Å²) >= 11 is 0. The fraction of sp³-hybridized carbons (Fsp3) is 0.250. The van der Waals surface area contributed by atoms with Gasteiger partial charge in [0.1, 0.15) is 0 Å². The molecule has 0 heterocycles. The lowest BCUT2D eigenvalue weighted by Crippen LogP contribution is -2.35. The summed E-state index contributed by atoms with van der Waals surface area (Å²) in [4.78, 5) is 8.97. The van der Waals surface area contributed by atoms with Crippen LogP contribution in [0, 0.1) is 0 Å². The maximum Gasteiger partial charge on any atom is 0.697 e. The molecule has 0 aliphatic heterocycles. The van der Waals surface area contributed by atoms with E-state index in [4.69, 9.17) is 22.4 Å². The second-order valence-corrected chi connectivity index (χ2v) is 7.59. The monoisotopic (exact) mass is 441 g/mol. The van der Waals surface area contributed by atoms with Crippen molar-refractivity contribution in [2.75, 3.05) is 0 Å². The largest absolute Gasteiger partial charge is 0.697 e. The average Bonchev–Trinajstić information content (AvgIpc) is 2.54. The van der Waals surface area contributed by atoms with Crippen molar-refractivity contribution in [3.63, 3.8) is 0 Å². The third kappa shape index (κ3) is 8.87. The van der Waals surface area contributed by atoms with Gasteiger partial charge in [-0.05, 0) is 11.1 Å². The zero-order valence-electron chi connectivity index (χ0n) is 14.2. The Morgan fingerprint density at radius 2 is 1.21 bits per heavy atom. The molecule has 3 N–H and O–H groups in total. The summed E-state index contributed by atoms with van der Waals surface area (Å²) in [6, 6.07) is 18.5. The molecule has 154 valence electrons. The molecule has 2 aromatic rings. The Morgan fingerprint density at radius 1 is 0.893 bits per heavy atom. The molecule has 0 aliphatic rings. The summed E-state index contributed by atoms with van der Waals surface area (Å²) < 4.78 is 73.4. The van der Waals surface area contributed by atoms with Crippen molar-refractivity contribution in [3.8, 4) is 0 Å². The first-order valence-electron chi connectivity index (χ1n) is 7.52. The molecule has 2 aromatic carbocycles. The topological polar surface area (TPSA) is 121 Å². The maximum absolute atomic E-state index is 11.0. The minimum absolute atomic E-state index is 0.143. The van der Waals surface area contributed by atoms with E-state index in [0.29, 0.717) is 0 Å². The van der Waals surface area contributed by atoms with Gasteiger partial charge in [-0.1, -0.05) is 65.2 Å². The lowest BCUT2D eigenvalue weighted by Gasteiger charge is -2.21. The van der Waals surface area contributed by atoms with E-state index in [1.165, 1.54) is 0 Å². The summed E-state index contributed by atoms with van der Waals surface area (Å²) in [6.07, 6.45) is 0.286. The molecule has 28 heavy (non-hydrogen) atoms. The molecule has 0 saturated carbocycles. The van der Waals surface area contributed by atoms with Gasteiger partial charge in [0.2, 0.25) is 5.79 Å². The van der Waals surface area contributed by atoms with Crippen molar-refractivity contribution in [2.24, 2.45) is 0 Å². The van der Waals surface area contributed by atoms with E-state index in [9.17, 15) is 22.8 Å². The van der Waals surface area contributed by atoms with Crippen LogP contribution < -0.4 is 0 Å². The van der Waals surface area contributed by atoms with E-state index in [1.54, 1.807) is 0 Å². The van der Waals surface area contributed by atoms with Gasteiger partial charge in [0.15, 0.2) is 0 Å². The lowest BCUT2D eigenvalue weighted by molar-refractivity contribution is -0.135. The van der Waals surface area contributed by atoms with Gasteiger partial charge >= 0.3 is 23.9 Å². The highest BCUT2D eigenvalue weighted by Gasteiger charge is 2.44. The van der Waals surface area contributed by atoms with Crippen LogP contribution >= 0.6 is 8.25 Å². The molecule has 7 nitrogen and oxygen atoms in total. The molecule has 0 bridgehead atoms. The standard InChI is InChI=1S/C15H15O4P.CHF3O3S/c16-15(19-20(17)18,11-13-7-3-1-4-8-13)12-14-9-5-2-6-10-14;2-1(3,4)8(5,6)7/h1-10,16H,11-12H2;(H,5,6,7)/p+1. The Morgan fingerprint density at radius 3 is 1.46 bits per heavy atom. The third-order valence-electron chi connectivity index (χ3n) is 3.19. The molecule has 0 spiro atoms. The molecule has 1 atom stereocenters. The number of hydrogen-bond acceptors (Lipinski definition) is 5. The van der Waals surface area contributed by atoms with E-state index in [1.807, 2.05) is 60.7 Å². The number of alkyl halides is 3. The Kier molecular flexibility index (Phi) is 8.68. The fourth-order valence-electron chi connectivity index (χ4n) is 2.10. The van der Waals surface area contributed by atoms with E-state index >= 15 is 0 Å². The van der Waals surface area contributed by atoms with Crippen molar-refractivity contribution in [2.45, 2.75) is 24.1 Å². The Bertz CT molecular complexity index is 817. The molecular formula is C16H17F3O7PS+. The van der Waals surface area contributed by atoms with Gasteiger partial charge in [-0.3, -0.25) is 4.55 Å². The third-order valence-corrected chi connectivity index (χ3v) is 4.27. The van der Waals surface area contributed by atoms with Crippen molar-refractivity contribution in [1.82, 2.24) is 0 Å². The predicted octanol–water partition coefficient (Wildman–Crippen LogP) is 3.22. The summed E-state index contributed by atoms with van der Waals surface area (Å²) in [7, 11) is -8.72. The van der Waals surface area contributed by atoms with Gasteiger partial charge in [-0.2, -0.15) is 21.6 Å². The first kappa shape index (κ1) is 24.2. The van der Waals surface area contributed by atoms with E-state index < -0.39 is 29.7 Å². The minimum Gasteiger partial charge on any atom is -0.361 e. The summed E-state index contributed by atoms with van der Waals surface area (Å²) in [6.45, 7) is 0. The van der Waals surface area contributed by atoms with Crippen LogP contribution in [0.5, 0.6) is 0 Å². The van der Waals surface area contributed by atoms with Crippen LogP contribution in [0.1, 0.15) is 11.1 Å². The van der Waals surface area contributed by atoms with Crippen LogP contribution in [0.15, 0.2) is 60.7 Å². The summed E-state index contributed by atoms with van der Waals surface area (Å²) in [5.41, 5.74) is -3.86. The fourth-order valence-corrected chi connectivity index (χ4v) is 2.52. The smallest absolute Gasteiger partial charge is 0.361 e. The first-order valence-corrected chi connectivity index (χ1v) is 10.1. The second kappa shape index (κ2) is 10.1. The molecule has 0 aliphatic carbocycles. The van der Waals surface area contributed by atoms with Crippen LogP contribution in [-0.2, 0) is 32.0 Å². The first-order chi connectivity index (χ1) is 12.8. The van der Waals surface area contributed by atoms with E-state index in [0.717, 1.165) is 11.1 Å². The van der Waals surface area contributed by atoms with Gasteiger partial charge in [0.25, 0.3) is 0 Å². The predicted molar refractivity (Wildman–Crippen MR) is 93.8 cm³/mol. The Labute approximate surface area is 160 Å². The molecular weight excluding hydrogens is 424 g/mol. The zero-order valence-corrected chi connectivity index (χ0v) is 15.9. The number of aliphatic hydroxyl groups is 1. The molecule has 12 heteroatoms. The summed E-state index contributed by atoms with van der Waals surface area (Å²) in [5.74, 6) is -1.70. The lowest BCUT2D eigenvalue weighted by atomic mass is 9.98. The average molecular weight is 441 g/mol. The molecule has 0 amide bonds. The molecule has 0 fully saturated rings. The number of hydrogen-bond donors (Lipinski definition) is 3. The van der Waals surface area contributed by atoms with Crippen molar-refractivity contribution >= 4 is 18.4 Å². The highest BCUT2D eigenvalue weighted by Crippen LogP contribution is 2.30.